The van der Waals surface area contributed by atoms with E-state index in [1.807, 2.05) is 20.0 Å². The smallest absolute Gasteiger partial charge is 0.128 e. The first-order valence-electron chi connectivity index (χ1n) is 6.79. The zero-order valence-electron chi connectivity index (χ0n) is 12.0. The second-order valence-corrected chi connectivity index (χ2v) is 5.35. The van der Waals surface area contributed by atoms with Crippen LogP contribution in [0.15, 0.2) is 18.3 Å². The minimum absolute atomic E-state index is 0.205. The van der Waals surface area contributed by atoms with Crippen LogP contribution < -0.4 is 4.90 Å². The van der Waals surface area contributed by atoms with Crippen molar-refractivity contribution in [2.75, 3.05) is 18.0 Å². The van der Waals surface area contributed by atoms with E-state index in [0.717, 1.165) is 5.82 Å². The van der Waals surface area contributed by atoms with Gasteiger partial charge >= 0.3 is 0 Å². The Labute approximate surface area is 106 Å². The van der Waals surface area contributed by atoms with Crippen LogP contribution in [0.1, 0.15) is 53.0 Å². The van der Waals surface area contributed by atoms with Crippen molar-refractivity contribution >= 4 is 5.82 Å². The molecule has 1 aliphatic rings. The largest absolute Gasteiger partial charge is 0.357 e. The maximum atomic E-state index is 4.55. The van der Waals surface area contributed by atoms with E-state index in [2.05, 4.69) is 42.8 Å². The van der Waals surface area contributed by atoms with Crippen molar-refractivity contribution in [1.29, 1.82) is 0 Å². The molecule has 0 radical (unpaired) electrons. The van der Waals surface area contributed by atoms with Gasteiger partial charge in [0.25, 0.3) is 0 Å². The van der Waals surface area contributed by atoms with Gasteiger partial charge in [-0.25, -0.2) is 4.98 Å². The van der Waals surface area contributed by atoms with Crippen molar-refractivity contribution in [3.8, 4) is 0 Å². The summed E-state index contributed by atoms with van der Waals surface area (Å²) in [4.78, 5) is 6.92. The van der Waals surface area contributed by atoms with Crippen molar-refractivity contribution in [2.24, 2.45) is 0 Å². The summed E-state index contributed by atoms with van der Waals surface area (Å²) < 4.78 is 0. The third-order valence-electron chi connectivity index (χ3n) is 3.04. The van der Waals surface area contributed by atoms with Gasteiger partial charge in [0.05, 0.1) is 0 Å². The fourth-order valence-electron chi connectivity index (χ4n) is 1.96. The summed E-state index contributed by atoms with van der Waals surface area (Å²) in [5.74, 6) is 1.14. The van der Waals surface area contributed by atoms with Crippen LogP contribution in [0.25, 0.3) is 0 Å². The lowest BCUT2D eigenvalue weighted by molar-refractivity contribution is 0.587. The lowest BCUT2D eigenvalue weighted by Gasteiger charge is -2.21. The molecule has 0 aromatic carbocycles. The molecule has 2 heterocycles. The molecule has 2 nitrogen and oxygen atoms in total. The van der Waals surface area contributed by atoms with Crippen molar-refractivity contribution in [3.05, 3.63) is 23.9 Å². The summed E-state index contributed by atoms with van der Waals surface area (Å²) in [6.07, 6.45) is 4.64. The highest BCUT2D eigenvalue weighted by Crippen LogP contribution is 2.24. The van der Waals surface area contributed by atoms with Gasteiger partial charge in [-0.3, -0.25) is 0 Å². The molecule has 0 aliphatic carbocycles. The first kappa shape index (κ1) is 14.0. The average Bonchev–Trinajstić information content (AvgIpc) is 2.84. The van der Waals surface area contributed by atoms with Crippen LogP contribution in [-0.4, -0.2) is 18.1 Å². The van der Waals surface area contributed by atoms with Gasteiger partial charge in [-0.1, -0.05) is 40.7 Å². The summed E-state index contributed by atoms with van der Waals surface area (Å²) in [7, 11) is 0. The molecule has 1 saturated heterocycles. The SMILES string of the molecule is CC.CC(C)(C)c1ccc(N2CCCC2)nc1. The number of hydrogen-bond acceptors (Lipinski definition) is 2. The zero-order chi connectivity index (χ0) is 12.9. The van der Waals surface area contributed by atoms with Crippen LogP contribution in [-0.2, 0) is 5.41 Å². The summed E-state index contributed by atoms with van der Waals surface area (Å²) in [6.45, 7) is 13.0. The highest BCUT2D eigenvalue weighted by Gasteiger charge is 2.16. The number of anilines is 1. The highest BCUT2D eigenvalue weighted by molar-refractivity contribution is 5.41. The molecule has 0 bridgehead atoms. The van der Waals surface area contributed by atoms with Crippen LogP contribution in [0, 0.1) is 0 Å². The standard InChI is InChI=1S/C13H20N2.C2H6/c1-13(2,3)11-6-7-12(14-10-11)15-8-4-5-9-15;1-2/h6-7,10H,4-5,8-9H2,1-3H3;1-2H3. The number of hydrogen-bond donors (Lipinski definition) is 0. The fourth-order valence-corrected chi connectivity index (χ4v) is 1.96. The molecule has 1 fully saturated rings. The summed E-state index contributed by atoms with van der Waals surface area (Å²) >= 11 is 0. The van der Waals surface area contributed by atoms with Gasteiger partial charge < -0.3 is 4.90 Å². The quantitative estimate of drug-likeness (QED) is 0.730. The second kappa shape index (κ2) is 6.04. The van der Waals surface area contributed by atoms with E-state index in [-0.39, 0.29) is 5.41 Å². The minimum atomic E-state index is 0.205. The van der Waals surface area contributed by atoms with E-state index in [1.54, 1.807) is 0 Å². The van der Waals surface area contributed by atoms with Crippen LogP contribution in [0.3, 0.4) is 0 Å². The molecule has 0 N–H and O–H groups in total. The summed E-state index contributed by atoms with van der Waals surface area (Å²) in [5, 5.41) is 0. The molecule has 96 valence electrons. The van der Waals surface area contributed by atoms with Crippen molar-refractivity contribution < 1.29 is 0 Å². The molecule has 1 aromatic rings. The molecule has 17 heavy (non-hydrogen) atoms. The Hall–Kier alpha value is -1.05. The maximum absolute atomic E-state index is 4.55. The molecule has 2 rings (SSSR count). The van der Waals surface area contributed by atoms with Crippen molar-refractivity contribution in [3.63, 3.8) is 0 Å². The van der Waals surface area contributed by atoms with E-state index in [1.165, 1.54) is 31.5 Å². The first-order valence-corrected chi connectivity index (χ1v) is 6.79. The third-order valence-corrected chi connectivity index (χ3v) is 3.04. The Balaban J connectivity index is 0.000000686. The van der Waals surface area contributed by atoms with Crippen LogP contribution in [0.2, 0.25) is 0 Å². The number of rotatable bonds is 1. The van der Waals surface area contributed by atoms with Gasteiger partial charge in [-0.05, 0) is 29.9 Å². The summed E-state index contributed by atoms with van der Waals surface area (Å²) in [5.41, 5.74) is 1.52. The van der Waals surface area contributed by atoms with Gasteiger partial charge in [0.15, 0.2) is 0 Å². The van der Waals surface area contributed by atoms with Gasteiger partial charge in [-0.15, -0.1) is 0 Å². The molecule has 1 aliphatic heterocycles. The number of aromatic nitrogens is 1. The van der Waals surface area contributed by atoms with Crippen LogP contribution in [0.4, 0.5) is 5.82 Å². The van der Waals surface area contributed by atoms with E-state index in [4.69, 9.17) is 0 Å². The minimum Gasteiger partial charge on any atom is -0.357 e. The monoisotopic (exact) mass is 234 g/mol. The second-order valence-electron chi connectivity index (χ2n) is 5.35. The van der Waals surface area contributed by atoms with E-state index >= 15 is 0 Å². The maximum Gasteiger partial charge on any atom is 0.128 e. The van der Waals surface area contributed by atoms with E-state index in [0.29, 0.717) is 0 Å². The van der Waals surface area contributed by atoms with Crippen molar-refractivity contribution in [1.82, 2.24) is 4.98 Å². The van der Waals surface area contributed by atoms with Crippen molar-refractivity contribution in [2.45, 2.75) is 52.9 Å². The molecule has 0 atom stereocenters. The fraction of sp³-hybridized carbons (Fsp3) is 0.667. The molecule has 2 heteroatoms. The normalized spacial score (nSPS) is 15.5. The topological polar surface area (TPSA) is 16.1 Å². The van der Waals surface area contributed by atoms with Gasteiger partial charge in [0, 0.05) is 19.3 Å². The molecule has 1 aromatic heterocycles. The molecule has 0 saturated carbocycles. The predicted molar refractivity (Wildman–Crippen MR) is 75.7 cm³/mol. The molecular weight excluding hydrogens is 208 g/mol. The van der Waals surface area contributed by atoms with Crippen LogP contribution in [0.5, 0.6) is 0 Å². The number of pyridine rings is 1. The van der Waals surface area contributed by atoms with E-state index in [9.17, 15) is 0 Å². The Morgan fingerprint density at radius 3 is 2.06 bits per heavy atom. The predicted octanol–water partition coefficient (Wildman–Crippen LogP) is 4.01. The van der Waals surface area contributed by atoms with E-state index < -0.39 is 0 Å². The lowest BCUT2D eigenvalue weighted by Crippen LogP contribution is -2.19. The molecule has 0 amide bonds. The Morgan fingerprint density at radius 1 is 1.06 bits per heavy atom. The zero-order valence-corrected chi connectivity index (χ0v) is 12.0. The lowest BCUT2D eigenvalue weighted by atomic mass is 9.88. The molecule has 0 unspecified atom stereocenters. The van der Waals surface area contributed by atoms with Gasteiger partial charge in [0.1, 0.15) is 5.82 Å². The molecule has 0 spiro atoms. The first-order chi connectivity index (χ1) is 8.07. The average molecular weight is 234 g/mol. The Kier molecular flexibility index (Phi) is 4.98. The Morgan fingerprint density at radius 2 is 1.65 bits per heavy atom. The Bertz CT molecular complexity index is 316. The van der Waals surface area contributed by atoms with Gasteiger partial charge in [0.2, 0.25) is 0 Å². The van der Waals surface area contributed by atoms with Gasteiger partial charge in [-0.2, -0.15) is 0 Å². The highest BCUT2D eigenvalue weighted by atomic mass is 15.2. The third kappa shape index (κ3) is 3.72. The molecular formula is C15H26N2. The number of nitrogens with zero attached hydrogens (tertiary/aromatic N) is 2. The van der Waals surface area contributed by atoms with Crippen LogP contribution >= 0.6 is 0 Å². The summed E-state index contributed by atoms with van der Waals surface area (Å²) in [6, 6.07) is 4.37.